The van der Waals surface area contributed by atoms with E-state index in [1.165, 1.54) is 6.07 Å². The Hall–Kier alpha value is -1.35. The molecule has 0 amide bonds. The topological polar surface area (TPSA) is 111 Å². The molecule has 1 fully saturated rings. The number of rotatable bonds is 3. The van der Waals surface area contributed by atoms with Crippen LogP contribution in [0.1, 0.15) is 0 Å². The first kappa shape index (κ1) is 13.1. The lowest BCUT2D eigenvalue weighted by Crippen LogP contribution is -2.40. The molecule has 0 spiro atoms. The zero-order valence-electron chi connectivity index (χ0n) is 9.80. The summed E-state index contributed by atoms with van der Waals surface area (Å²) in [7, 11) is -3.77. The summed E-state index contributed by atoms with van der Waals surface area (Å²) in [5, 5.41) is 7.02. The van der Waals surface area contributed by atoms with E-state index in [9.17, 15) is 8.42 Å². The maximum atomic E-state index is 11.2. The van der Waals surface area contributed by atoms with Crippen LogP contribution in [0.15, 0.2) is 23.1 Å². The van der Waals surface area contributed by atoms with E-state index in [-0.39, 0.29) is 10.6 Å². The molecular weight excluding hydrogens is 256 g/mol. The van der Waals surface area contributed by atoms with E-state index < -0.39 is 10.0 Å². The first-order valence-corrected chi connectivity index (χ1v) is 7.03. The molecule has 1 aliphatic rings. The van der Waals surface area contributed by atoms with Crippen LogP contribution in [0.2, 0.25) is 0 Å². The summed E-state index contributed by atoms with van der Waals surface area (Å²) in [6.45, 7) is 2.85. The fraction of sp³-hybridized carbons (Fsp3) is 0.400. The Bertz CT molecular complexity index is 526. The van der Waals surface area contributed by atoms with Crippen LogP contribution < -0.4 is 16.3 Å². The van der Waals surface area contributed by atoms with E-state index in [1.54, 1.807) is 12.1 Å². The summed E-state index contributed by atoms with van der Waals surface area (Å²) in [4.78, 5) is -0.0602. The standard InChI is InChI=1S/C10H16N4O3S/c11-9-7-8(1-2-10(9)18(12,15)16)13-14-3-5-17-6-4-14/h1-2,7,13H,3-6,11H2,(H2,12,15,16). The van der Waals surface area contributed by atoms with Gasteiger partial charge in [-0.05, 0) is 18.2 Å². The summed E-state index contributed by atoms with van der Waals surface area (Å²) in [5.74, 6) is 0. The molecule has 100 valence electrons. The minimum absolute atomic E-state index is 0.0602. The van der Waals surface area contributed by atoms with Crippen LogP contribution in [0.5, 0.6) is 0 Å². The van der Waals surface area contributed by atoms with Crippen molar-refractivity contribution in [1.82, 2.24) is 5.01 Å². The molecule has 0 aromatic heterocycles. The van der Waals surface area contributed by atoms with Gasteiger partial charge in [0.2, 0.25) is 10.0 Å². The van der Waals surface area contributed by atoms with Crippen molar-refractivity contribution >= 4 is 21.4 Å². The Morgan fingerprint density at radius 1 is 1.28 bits per heavy atom. The number of hydrogen-bond donors (Lipinski definition) is 3. The number of ether oxygens (including phenoxy) is 1. The molecule has 8 heteroatoms. The summed E-state index contributed by atoms with van der Waals surface area (Å²) in [5.41, 5.74) is 9.67. The van der Waals surface area contributed by atoms with Crippen LogP contribution in [0.3, 0.4) is 0 Å². The van der Waals surface area contributed by atoms with Crippen molar-refractivity contribution in [2.75, 3.05) is 37.5 Å². The maximum absolute atomic E-state index is 11.2. The fourth-order valence-electron chi connectivity index (χ4n) is 1.73. The monoisotopic (exact) mass is 272 g/mol. The summed E-state index contributed by atoms with van der Waals surface area (Å²) in [6, 6.07) is 4.58. The molecule has 18 heavy (non-hydrogen) atoms. The lowest BCUT2D eigenvalue weighted by molar-refractivity contribution is 0.0497. The SMILES string of the molecule is Nc1cc(NN2CCOCC2)ccc1S(N)(=O)=O. The van der Waals surface area contributed by atoms with Gasteiger partial charge in [0, 0.05) is 13.1 Å². The Balaban J connectivity index is 2.13. The highest BCUT2D eigenvalue weighted by molar-refractivity contribution is 7.89. The van der Waals surface area contributed by atoms with E-state index >= 15 is 0 Å². The van der Waals surface area contributed by atoms with Gasteiger partial charge in [-0.3, -0.25) is 0 Å². The Morgan fingerprint density at radius 2 is 1.94 bits per heavy atom. The first-order chi connectivity index (χ1) is 8.47. The fourth-order valence-corrected chi connectivity index (χ4v) is 2.38. The number of hydrazine groups is 1. The van der Waals surface area contributed by atoms with Gasteiger partial charge in [-0.1, -0.05) is 0 Å². The number of sulfonamides is 1. The molecule has 2 rings (SSSR count). The third-order valence-electron chi connectivity index (χ3n) is 2.61. The Kier molecular flexibility index (Phi) is 3.71. The third kappa shape index (κ3) is 3.10. The molecule has 0 saturated carbocycles. The van der Waals surface area contributed by atoms with E-state index in [2.05, 4.69) is 5.43 Å². The third-order valence-corrected chi connectivity index (χ3v) is 3.60. The number of nitrogens with zero attached hydrogens (tertiary/aromatic N) is 1. The first-order valence-electron chi connectivity index (χ1n) is 5.48. The lowest BCUT2D eigenvalue weighted by Gasteiger charge is -2.28. The van der Waals surface area contributed by atoms with Gasteiger partial charge in [-0.25, -0.2) is 18.6 Å². The zero-order chi connectivity index (χ0) is 13.2. The predicted octanol–water partition coefficient (Wildman–Crippen LogP) is -0.425. The molecule has 0 aliphatic carbocycles. The molecule has 0 bridgehead atoms. The minimum atomic E-state index is -3.77. The van der Waals surface area contributed by atoms with Crippen LogP contribution in [-0.4, -0.2) is 39.7 Å². The van der Waals surface area contributed by atoms with E-state index in [0.29, 0.717) is 13.2 Å². The van der Waals surface area contributed by atoms with Gasteiger partial charge in [-0.2, -0.15) is 0 Å². The van der Waals surface area contributed by atoms with Gasteiger partial charge < -0.3 is 15.9 Å². The Morgan fingerprint density at radius 3 is 2.50 bits per heavy atom. The second-order valence-electron chi connectivity index (χ2n) is 4.01. The largest absolute Gasteiger partial charge is 0.398 e. The van der Waals surface area contributed by atoms with Gasteiger partial charge in [0.15, 0.2) is 0 Å². The van der Waals surface area contributed by atoms with Crippen molar-refractivity contribution in [2.45, 2.75) is 4.90 Å². The number of anilines is 2. The molecule has 1 aliphatic heterocycles. The number of hydrogen-bond acceptors (Lipinski definition) is 6. The molecule has 0 radical (unpaired) electrons. The average Bonchev–Trinajstić information content (AvgIpc) is 2.28. The molecular formula is C10H16N4O3S. The van der Waals surface area contributed by atoms with E-state index in [0.717, 1.165) is 18.8 Å². The normalized spacial score (nSPS) is 17.6. The molecule has 7 nitrogen and oxygen atoms in total. The lowest BCUT2D eigenvalue weighted by atomic mass is 10.3. The highest BCUT2D eigenvalue weighted by Gasteiger charge is 2.14. The van der Waals surface area contributed by atoms with Crippen LogP contribution in [0.4, 0.5) is 11.4 Å². The van der Waals surface area contributed by atoms with Crippen LogP contribution in [0.25, 0.3) is 0 Å². The highest BCUT2D eigenvalue weighted by atomic mass is 32.2. The Labute approximate surface area is 106 Å². The summed E-state index contributed by atoms with van der Waals surface area (Å²) >= 11 is 0. The second kappa shape index (κ2) is 5.11. The smallest absolute Gasteiger partial charge is 0.240 e. The van der Waals surface area contributed by atoms with Gasteiger partial charge in [0.1, 0.15) is 4.90 Å². The number of primary sulfonamides is 1. The van der Waals surface area contributed by atoms with Gasteiger partial charge in [0.05, 0.1) is 24.6 Å². The van der Waals surface area contributed by atoms with Crippen molar-refractivity contribution in [2.24, 2.45) is 5.14 Å². The number of benzene rings is 1. The summed E-state index contributed by atoms with van der Waals surface area (Å²) < 4.78 is 27.6. The minimum Gasteiger partial charge on any atom is -0.398 e. The molecule has 0 unspecified atom stereocenters. The number of morpholine rings is 1. The van der Waals surface area contributed by atoms with Crippen molar-refractivity contribution in [3.8, 4) is 0 Å². The molecule has 1 aromatic carbocycles. The van der Waals surface area contributed by atoms with Gasteiger partial charge in [0.25, 0.3) is 0 Å². The quantitative estimate of drug-likeness (QED) is 0.644. The highest BCUT2D eigenvalue weighted by Crippen LogP contribution is 2.21. The molecule has 1 heterocycles. The zero-order valence-corrected chi connectivity index (χ0v) is 10.6. The van der Waals surface area contributed by atoms with Crippen LogP contribution in [-0.2, 0) is 14.8 Å². The van der Waals surface area contributed by atoms with Crippen LogP contribution in [0, 0.1) is 0 Å². The van der Waals surface area contributed by atoms with Crippen molar-refractivity contribution < 1.29 is 13.2 Å². The second-order valence-corrected chi connectivity index (χ2v) is 5.54. The van der Waals surface area contributed by atoms with Crippen LogP contribution >= 0.6 is 0 Å². The van der Waals surface area contributed by atoms with Crippen molar-refractivity contribution in [3.05, 3.63) is 18.2 Å². The molecule has 5 N–H and O–H groups in total. The number of nitrogens with two attached hydrogens (primary N) is 2. The maximum Gasteiger partial charge on any atom is 0.240 e. The van der Waals surface area contributed by atoms with Gasteiger partial charge >= 0.3 is 0 Å². The van der Waals surface area contributed by atoms with Crippen molar-refractivity contribution in [1.29, 1.82) is 0 Å². The average molecular weight is 272 g/mol. The molecule has 1 saturated heterocycles. The predicted molar refractivity (Wildman–Crippen MR) is 68.2 cm³/mol. The van der Waals surface area contributed by atoms with E-state index in [1.807, 2.05) is 5.01 Å². The molecule has 1 aromatic rings. The summed E-state index contributed by atoms with van der Waals surface area (Å²) in [6.07, 6.45) is 0. The number of nitrogen functional groups attached to an aromatic ring is 1. The van der Waals surface area contributed by atoms with E-state index in [4.69, 9.17) is 15.6 Å². The molecule has 0 atom stereocenters. The van der Waals surface area contributed by atoms with Crippen molar-refractivity contribution in [3.63, 3.8) is 0 Å². The van der Waals surface area contributed by atoms with Gasteiger partial charge in [-0.15, -0.1) is 0 Å². The number of nitrogens with one attached hydrogen (secondary N) is 1.